The van der Waals surface area contributed by atoms with E-state index in [0.717, 1.165) is 4.88 Å². The molecule has 9 heteroatoms. The second-order valence-electron chi connectivity index (χ2n) is 5.23. The number of hydrogen-bond acceptors (Lipinski definition) is 7. The Labute approximate surface area is 158 Å². The molecule has 7 nitrogen and oxygen atoms in total. The standard InChI is InChI=1S/C17H16ClN3O4S/c1-10-19-17-21(20-10)15(13(8-23-2)16(22)24-3)14(26-17)9-25-12-6-4-11(18)5-7-12/h4-8H,9H2,1-3H3. The van der Waals surface area contributed by atoms with Crippen LogP contribution in [0.3, 0.4) is 0 Å². The zero-order valence-corrected chi connectivity index (χ0v) is 15.9. The molecule has 3 aromatic rings. The molecular weight excluding hydrogens is 378 g/mol. The third kappa shape index (κ3) is 3.66. The Morgan fingerprint density at radius 1 is 1.31 bits per heavy atom. The van der Waals surface area contributed by atoms with Crippen LogP contribution in [0.1, 0.15) is 16.4 Å². The molecule has 0 aliphatic heterocycles. The van der Waals surface area contributed by atoms with Gasteiger partial charge in [0, 0.05) is 5.02 Å². The van der Waals surface area contributed by atoms with Crippen molar-refractivity contribution in [2.75, 3.05) is 14.2 Å². The maximum absolute atomic E-state index is 12.2. The van der Waals surface area contributed by atoms with Gasteiger partial charge in [-0.05, 0) is 31.2 Å². The summed E-state index contributed by atoms with van der Waals surface area (Å²) in [5, 5.41) is 4.99. The van der Waals surface area contributed by atoms with E-state index in [2.05, 4.69) is 10.1 Å². The predicted molar refractivity (Wildman–Crippen MR) is 98.4 cm³/mol. The Bertz CT molecular complexity index is 962. The van der Waals surface area contributed by atoms with Gasteiger partial charge in [-0.15, -0.1) is 0 Å². The van der Waals surface area contributed by atoms with Crippen LogP contribution in [0.15, 0.2) is 30.5 Å². The molecule has 0 radical (unpaired) electrons. The Balaban J connectivity index is 2.01. The molecule has 0 spiro atoms. The van der Waals surface area contributed by atoms with Crippen molar-refractivity contribution in [3.8, 4) is 5.75 Å². The number of esters is 1. The van der Waals surface area contributed by atoms with Crippen LogP contribution in [0.2, 0.25) is 5.02 Å². The number of hydrogen-bond donors (Lipinski definition) is 0. The molecule has 0 aliphatic rings. The van der Waals surface area contributed by atoms with E-state index in [1.807, 2.05) is 0 Å². The van der Waals surface area contributed by atoms with Crippen LogP contribution in [0.25, 0.3) is 10.5 Å². The minimum atomic E-state index is -0.535. The fourth-order valence-corrected chi connectivity index (χ4v) is 3.51. The summed E-state index contributed by atoms with van der Waals surface area (Å²) >= 11 is 7.27. The number of thiazole rings is 1. The first kappa shape index (κ1) is 18.2. The molecule has 1 aromatic carbocycles. The maximum atomic E-state index is 12.2. The molecule has 0 aliphatic carbocycles. The van der Waals surface area contributed by atoms with Crippen LogP contribution in [0, 0.1) is 6.92 Å². The molecule has 0 saturated heterocycles. The van der Waals surface area contributed by atoms with Crippen LogP contribution in [-0.4, -0.2) is 34.8 Å². The zero-order chi connectivity index (χ0) is 18.7. The first-order chi connectivity index (χ1) is 12.5. The minimum Gasteiger partial charge on any atom is -0.503 e. The summed E-state index contributed by atoms with van der Waals surface area (Å²) in [7, 11) is 2.77. The Hall–Kier alpha value is -2.58. The number of aromatic nitrogens is 3. The monoisotopic (exact) mass is 393 g/mol. The SMILES string of the molecule is COC=C(C(=O)OC)c1c(COc2ccc(Cl)cc2)sc2nc(C)nn12. The van der Waals surface area contributed by atoms with Crippen molar-refractivity contribution in [3.63, 3.8) is 0 Å². The molecule has 0 saturated carbocycles. The quantitative estimate of drug-likeness (QED) is 0.362. The van der Waals surface area contributed by atoms with Gasteiger partial charge in [-0.3, -0.25) is 0 Å². The third-order valence-corrected chi connectivity index (χ3v) is 4.71. The van der Waals surface area contributed by atoms with E-state index in [1.165, 1.54) is 31.8 Å². The molecular formula is C17H16ClN3O4S. The second kappa shape index (κ2) is 7.76. The van der Waals surface area contributed by atoms with Gasteiger partial charge in [0.2, 0.25) is 4.96 Å². The highest BCUT2D eigenvalue weighted by Crippen LogP contribution is 2.30. The smallest absolute Gasteiger partial charge is 0.343 e. The Morgan fingerprint density at radius 2 is 2.04 bits per heavy atom. The first-order valence-corrected chi connectivity index (χ1v) is 8.78. The number of carbonyl (C=O) groups is 1. The maximum Gasteiger partial charge on any atom is 0.343 e. The van der Waals surface area contributed by atoms with E-state index in [0.29, 0.717) is 27.3 Å². The summed E-state index contributed by atoms with van der Waals surface area (Å²) in [6.45, 7) is 2.01. The number of rotatable bonds is 6. The van der Waals surface area contributed by atoms with Crippen LogP contribution >= 0.6 is 22.9 Å². The van der Waals surface area contributed by atoms with E-state index in [9.17, 15) is 4.79 Å². The van der Waals surface area contributed by atoms with Crippen LogP contribution in [-0.2, 0) is 20.9 Å². The van der Waals surface area contributed by atoms with Crippen molar-refractivity contribution in [2.24, 2.45) is 0 Å². The van der Waals surface area contributed by atoms with E-state index < -0.39 is 5.97 Å². The summed E-state index contributed by atoms with van der Waals surface area (Å²) in [5.74, 6) is 0.725. The molecule has 0 bridgehead atoms. The summed E-state index contributed by atoms with van der Waals surface area (Å²) in [6, 6.07) is 7.04. The Kier molecular flexibility index (Phi) is 5.43. The number of fused-ring (bicyclic) bond motifs is 1. The topological polar surface area (TPSA) is 75.0 Å². The van der Waals surface area contributed by atoms with Gasteiger partial charge >= 0.3 is 5.97 Å². The third-order valence-electron chi connectivity index (χ3n) is 3.45. The minimum absolute atomic E-state index is 0.226. The highest BCUT2D eigenvalue weighted by Gasteiger charge is 2.25. The Morgan fingerprint density at radius 3 is 2.69 bits per heavy atom. The van der Waals surface area contributed by atoms with Crippen LogP contribution < -0.4 is 4.74 Å². The predicted octanol–water partition coefficient (Wildman–Crippen LogP) is 3.49. The van der Waals surface area contributed by atoms with Gasteiger partial charge in [0.05, 0.1) is 25.4 Å². The fraction of sp³-hybridized carbons (Fsp3) is 0.235. The molecule has 0 amide bonds. The van der Waals surface area contributed by atoms with Gasteiger partial charge < -0.3 is 14.2 Å². The number of methoxy groups -OCH3 is 2. The zero-order valence-electron chi connectivity index (χ0n) is 14.4. The van der Waals surface area contributed by atoms with Crippen molar-refractivity contribution in [3.05, 3.63) is 51.9 Å². The molecule has 0 fully saturated rings. The van der Waals surface area contributed by atoms with Gasteiger partial charge in [0.1, 0.15) is 29.4 Å². The summed E-state index contributed by atoms with van der Waals surface area (Å²) in [4.78, 5) is 18.0. The summed E-state index contributed by atoms with van der Waals surface area (Å²) in [5.41, 5.74) is 0.772. The molecule has 0 atom stereocenters. The van der Waals surface area contributed by atoms with Crippen LogP contribution in [0.4, 0.5) is 0 Å². The van der Waals surface area contributed by atoms with E-state index in [4.69, 9.17) is 25.8 Å². The van der Waals surface area contributed by atoms with E-state index >= 15 is 0 Å². The van der Waals surface area contributed by atoms with E-state index in [1.54, 1.807) is 35.7 Å². The molecule has 26 heavy (non-hydrogen) atoms. The van der Waals surface area contributed by atoms with Gasteiger partial charge in [-0.1, -0.05) is 22.9 Å². The van der Waals surface area contributed by atoms with Crippen LogP contribution in [0.5, 0.6) is 5.75 Å². The largest absolute Gasteiger partial charge is 0.503 e. The lowest BCUT2D eigenvalue weighted by molar-refractivity contribution is -0.133. The molecule has 2 heterocycles. The van der Waals surface area contributed by atoms with Gasteiger partial charge in [-0.2, -0.15) is 5.10 Å². The highest BCUT2D eigenvalue weighted by molar-refractivity contribution is 7.17. The molecule has 2 aromatic heterocycles. The van der Waals surface area contributed by atoms with Gasteiger partial charge in [0.15, 0.2) is 0 Å². The number of aryl methyl sites for hydroxylation is 1. The lowest BCUT2D eigenvalue weighted by Crippen LogP contribution is -2.10. The number of nitrogens with zero attached hydrogens (tertiary/aromatic N) is 3. The first-order valence-electron chi connectivity index (χ1n) is 7.58. The van der Waals surface area contributed by atoms with Crippen molar-refractivity contribution in [2.45, 2.75) is 13.5 Å². The summed E-state index contributed by atoms with van der Waals surface area (Å²) < 4.78 is 17.4. The molecule has 0 N–H and O–H groups in total. The van der Waals surface area contributed by atoms with Crippen molar-refractivity contribution < 1.29 is 19.0 Å². The van der Waals surface area contributed by atoms with Gasteiger partial charge in [-0.25, -0.2) is 14.3 Å². The van der Waals surface area contributed by atoms with Crippen molar-refractivity contribution in [1.82, 2.24) is 14.6 Å². The second-order valence-corrected chi connectivity index (χ2v) is 6.73. The number of halogens is 1. The lowest BCUT2D eigenvalue weighted by atomic mass is 10.2. The number of ether oxygens (including phenoxy) is 3. The van der Waals surface area contributed by atoms with E-state index in [-0.39, 0.29) is 12.2 Å². The molecule has 136 valence electrons. The fourth-order valence-electron chi connectivity index (χ4n) is 2.35. The normalized spacial score (nSPS) is 11.6. The molecule has 3 rings (SSSR count). The van der Waals surface area contributed by atoms with Crippen molar-refractivity contribution >= 4 is 39.4 Å². The van der Waals surface area contributed by atoms with Crippen molar-refractivity contribution in [1.29, 1.82) is 0 Å². The average molecular weight is 394 g/mol. The van der Waals surface area contributed by atoms with Gasteiger partial charge in [0.25, 0.3) is 0 Å². The number of benzene rings is 1. The number of carbonyl (C=O) groups excluding carboxylic acids is 1. The lowest BCUT2D eigenvalue weighted by Gasteiger charge is -2.09. The molecule has 0 unspecified atom stereocenters. The average Bonchev–Trinajstić information content (AvgIpc) is 3.14. The highest BCUT2D eigenvalue weighted by atomic mass is 35.5. The summed E-state index contributed by atoms with van der Waals surface area (Å²) in [6.07, 6.45) is 1.33.